The number of hydrazine groups is 1. The maximum absolute atomic E-state index is 10.9. The summed E-state index contributed by atoms with van der Waals surface area (Å²) in [5.41, 5.74) is 2.24. The van der Waals surface area contributed by atoms with Gasteiger partial charge in [-0.3, -0.25) is 0 Å². The number of rotatable bonds is 2. The van der Waals surface area contributed by atoms with Gasteiger partial charge in [0.25, 0.3) is 0 Å². The topological polar surface area (TPSA) is 77.1 Å². The van der Waals surface area contributed by atoms with Crippen molar-refractivity contribution in [3.63, 3.8) is 0 Å². The lowest BCUT2D eigenvalue weighted by Gasteiger charge is -2.15. The van der Waals surface area contributed by atoms with Crippen LogP contribution in [0.15, 0.2) is 18.2 Å². The van der Waals surface area contributed by atoms with Gasteiger partial charge in [-0.25, -0.2) is 0 Å². The van der Waals surface area contributed by atoms with Crippen molar-refractivity contribution in [2.75, 3.05) is 12.3 Å². The van der Waals surface area contributed by atoms with Gasteiger partial charge in [-0.1, -0.05) is 23.3 Å². The summed E-state index contributed by atoms with van der Waals surface area (Å²) in [4.78, 5) is 0. The van der Waals surface area contributed by atoms with Crippen molar-refractivity contribution < 1.29 is 21.7 Å². The van der Waals surface area contributed by atoms with Crippen LogP contribution in [0.5, 0.6) is 5.75 Å². The Balaban J connectivity index is 2.41. The van der Waals surface area contributed by atoms with Crippen molar-refractivity contribution in [1.29, 1.82) is 0 Å². The molecule has 1 N–H and O–H groups in total. The maximum Gasteiger partial charge on any atom is 0.440 e. The number of para-hydroxylation sites is 1. The molecule has 0 amide bonds. The zero-order valence-electron chi connectivity index (χ0n) is 8.01. The largest absolute Gasteiger partial charge is 0.494 e. The molecule has 88 valence electrons. The van der Waals surface area contributed by atoms with E-state index < -0.39 is 10.4 Å². The molecule has 0 saturated carbocycles. The molecule has 1 heterocycles. The second-order valence-electron chi connectivity index (χ2n) is 2.74. The Morgan fingerprint density at radius 3 is 2.81 bits per heavy atom. The second-order valence-corrected chi connectivity index (χ2v) is 4.28. The number of halogens is 1. The molecule has 7 nitrogen and oxygen atoms in total. The van der Waals surface area contributed by atoms with Gasteiger partial charge in [-0.05, 0) is 12.1 Å². The van der Waals surface area contributed by atoms with E-state index in [-0.39, 0.29) is 10.7 Å². The van der Waals surface area contributed by atoms with Crippen LogP contribution in [0.2, 0.25) is 5.02 Å². The van der Waals surface area contributed by atoms with Crippen LogP contribution in [0.1, 0.15) is 0 Å². The molecule has 1 aromatic carbocycles. The monoisotopic (exact) mass is 266 g/mol. The van der Waals surface area contributed by atoms with Crippen LogP contribution in [0.25, 0.3) is 0 Å². The van der Waals surface area contributed by atoms with Crippen LogP contribution in [0, 0.1) is 0 Å². The van der Waals surface area contributed by atoms with E-state index in [4.69, 9.17) is 16.3 Å². The first-order chi connectivity index (χ1) is 7.53. The Morgan fingerprint density at radius 1 is 1.50 bits per heavy atom. The molecule has 0 radical (unpaired) electrons. The Hall–Kier alpha value is -1.06. The van der Waals surface area contributed by atoms with Gasteiger partial charge in [0.15, 0.2) is 0 Å². The molecule has 0 atom stereocenters. The Morgan fingerprint density at radius 2 is 2.25 bits per heavy atom. The molecule has 0 spiro atoms. The molecular weight excluding hydrogens is 260 g/mol. The normalized spacial score (nSPS) is 18.8. The van der Waals surface area contributed by atoms with Crippen LogP contribution in [0.4, 0.5) is 5.69 Å². The molecule has 0 bridgehead atoms. The summed E-state index contributed by atoms with van der Waals surface area (Å²) in [5.74, 6) is 0.334. The SMILES string of the molecule is COc1cccc(Cl)c1N1NOS(=O)(=O)O1. The number of nitrogens with zero attached hydrogens (tertiary/aromatic N) is 1. The average molecular weight is 267 g/mol. The second kappa shape index (κ2) is 4.07. The Labute approximate surface area is 96.7 Å². The molecule has 2 rings (SSSR count). The Bertz CT molecular complexity index is 505. The quantitative estimate of drug-likeness (QED) is 0.847. The minimum Gasteiger partial charge on any atom is -0.494 e. The van der Waals surface area contributed by atoms with Crippen LogP contribution >= 0.6 is 11.6 Å². The first-order valence-corrected chi connectivity index (χ1v) is 5.76. The van der Waals surface area contributed by atoms with E-state index in [1.165, 1.54) is 7.11 Å². The molecule has 0 aliphatic carbocycles. The smallest absolute Gasteiger partial charge is 0.440 e. The lowest BCUT2D eigenvalue weighted by molar-refractivity contribution is 0.196. The summed E-state index contributed by atoms with van der Waals surface area (Å²) in [7, 11) is -2.67. The highest BCUT2D eigenvalue weighted by Crippen LogP contribution is 2.36. The average Bonchev–Trinajstić information content (AvgIpc) is 2.58. The summed E-state index contributed by atoms with van der Waals surface area (Å²) in [6.45, 7) is 0. The molecule has 1 aliphatic rings. The van der Waals surface area contributed by atoms with Crippen molar-refractivity contribution in [2.45, 2.75) is 0 Å². The number of anilines is 1. The zero-order chi connectivity index (χ0) is 11.8. The molecule has 1 saturated heterocycles. The van der Waals surface area contributed by atoms with Gasteiger partial charge in [-0.2, -0.15) is 8.42 Å². The zero-order valence-corrected chi connectivity index (χ0v) is 9.58. The summed E-state index contributed by atoms with van der Waals surface area (Å²) >= 11 is 5.89. The summed E-state index contributed by atoms with van der Waals surface area (Å²) in [6, 6.07) is 4.79. The fraction of sp³-hybridized carbons (Fsp3) is 0.143. The van der Waals surface area contributed by atoms with Crippen LogP contribution < -0.4 is 15.5 Å². The standard InChI is InChI=1S/C7H7ClN2O5S/c1-13-6-4-2-3-5(8)7(6)10-9-14-16(11,12)15-10/h2-4,9H,1H3. The predicted octanol–water partition coefficient (Wildman–Crippen LogP) is 0.781. The maximum atomic E-state index is 10.9. The summed E-state index contributed by atoms with van der Waals surface area (Å²) in [6.07, 6.45) is 0. The van der Waals surface area contributed by atoms with Crippen molar-refractivity contribution in [1.82, 2.24) is 5.59 Å². The van der Waals surface area contributed by atoms with Gasteiger partial charge in [0.1, 0.15) is 11.4 Å². The molecule has 16 heavy (non-hydrogen) atoms. The van der Waals surface area contributed by atoms with Crippen molar-refractivity contribution >= 4 is 27.7 Å². The minimum absolute atomic E-state index is 0.202. The number of methoxy groups -OCH3 is 1. The minimum atomic E-state index is -4.08. The third kappa shape index (κ3) is 2.06. The third-order valence-corrected chi connectivity index (χ3v) is 2.68. The molecule has 0 aromatic heterocycles. The first kappa shape index (κ1) is 11.4. The molecule has 1 fully saturated rings. The summed E-state index contributed by atoms with van der Waals surface area (Å²) in [5, 5.41) is 1.00. The summed E-state index contributed by atoms with van der Waals surface area (Å²) < 4.78 is 35.4. The molecular formula is C7H7ClN2O5S. The van der Waals surface area contributed by atoms with E-state index in [9.17, 15) is 8.42 Å². The van der Waals surface area contributed by atoms with E-state index in [2.05, 4.69) is 8.57 Å². The fourth-order valence-corrected chi connectivity index (χ4v) is 1.86. The van der Waals surface area contributed by atoms with E-state index in [1.54, 1.807) is 18.2 Å². The van der Waals surface area contributed by atoms with Crippen molar-refractivity contribution in [3.8, 4) is 5.75 Å². The van der Waals surface area contributed by atoms with Crippen molar-refractivity contribution in [2.24, 2.45) is 0 Å². The lowest BCUT2D eigenvalue weighted by atomic mass is 10.3. The van der Waals surface area contributed by atoms with Crippen LogP contribution in [-0.2, 0) is 19.0 Å². The van der Waals surface area contributed by atoms with E-state index >= 15 is 0 Å². The number of ether oxygens (including phenoxy) is 1. The Kier molecular flexibility index (Phi) is 2.91. The highest BCUT2D eigenvalue weighted by Gasteiger charge is 2.32. The van der Waals surface area contributed by atoms with E-state index in [1.807, 2.05) is 5.59 Å². The van der Waals surface area contributed by atoms with Gasteiger partial charge < -0.3 is 4.74 Å². The fourth-order valence-electron chi connectivity index (χ4n) is 1.14. The van der Waals surface area contributed by atoms with Gasteiger partial charge in [0.2, 0.25) is 0 Å². The van der Waals surface area contributed by atoms with Crippen LogP contribution in [0.3, 0.4) is 0 Å². The molecule has 1 aliphatic heterocycles. The molecule has 9 heteroatoms. The number of hydrogen-bond acceptors (Lipinski definition) is 7. The number of nitrogens with one attached hydrogen (secondary N) is 1. The number of hydrogen-bond donors (Lipinski definition) is 1. The third-order valence-electron chi connectivity index (χ3n) is 1.76. The van der Waals surface area contributed by atoms with Crippen LogP contribution in [-0.4, -0.2) is 15.5 Å². The van der Waals surface area contributed by atoms with Gasteiger partial charge in [-0.15, -0.1) is 13.7 Å². The van der Waals surface area contributed by atoms with Gasteiger partial charge in [0.05, 0.1) is 12.1 Å². The number of benzene rings is 1. The van der Waals surface area contributed by atoms with E-state index in [0.29, 0.717) is 5.75 Å². The van der Waals surface area contributed by atoms with Crippen molar-refractivity contribution in [3.05, 3.63) is 23.2 Å². The van der Waals surface area contributed by atoms with Gasteiger partial charge in [0, 0.05) is 0 Å². The van der Waals surface area contributed by atoms with E-state index in [0.717, 1.165) is 5.17 Å². The predicted molar refractivity (Wildman–Crippen MR) is 54.7 cm³/mol. The first-order valence-electron chi connectivity index (χ1n) is 4.05. The lowest BCUT2D eigenvalue weighted by Crippen LogP contribution is -2.29. The van der Waals surface area contributed by atoms with Gasteiger partial charge >= 0.3 is 10.4 Å². The highest BCUT2D eigenvalue weighted by atomic mass is 35.5. The molecule has 0 unspecified atom stereocenters. The highest BCUT2D eigenvalue weighted by molar-refractivity contribution is 7.82. The molecule has 1 aromatic rings.